The van der Waals surface area contributed by atoms with E-state index in [1.54, 1.807) is 0 Å². The summed E-state index contributed by atoms with van der Waals surface area (Å²) in [7, 11) is -3.32. The van der Waals surface area contributed by atoms with Gasteiger partial charge in [0.15, 0.2) is 15.6 Å². The summed E-state index contributed by atoms with van der Waals surface area (Å²) in [6.45, 7) is 1.45. The standard InChI is InChI=1S/C15H16O3S/c1-11(19(2,17)18)15(16)10-13-8-5-7-12-6-3-4-9-14(12)13/h3-9,11H,10H2,1-2H3. The van der Waals surface area contributed by atoms with Crippen LogP contribution in [0, 0.1) is 0 Å². The lowest BCUT2D eigenvalue weighted by Gasteiger charge is -2.10. The molecule has 0 aliphatic heterocycles. The summed E-state index contributed by atoms with van der Waals surface area (Å²) >= 11 is 0. The van der Waals surface area contributed by atoms with E-state index in [0.717, 1.165) is 22.6 Å². The Hall–Kier alpha value is -1.68. The first-order valence-electron chi connectivity index (χ1n) is 6.08. The van der Waals surface area contributed by atoms with Crippen LogP contribution in [-0.4, -0.2) is 25.7 Å². The second kappa shape index (κ2) is 5.13. The third-order valence-electron chi connectivity index (χ3n) is 3.34. The molecular weight excluding hydrogens is 260 g/mol. The van der Waals surface area contributed by atoms with Crippen molar-refractivity contribution in [2.24, 2.45) is 0 Å². The largest absolute Gasteiger partial charge is 0.298 e. The van der Waals surface area contributed by atoms with E-state index in [2.05, 4.69) is 0 Å². The van der Waals surface area contributed by atoms with E-state index >= 15 is 0 Å². The molecule has 0 saturated carbocycles. The van der Waals surface area contributed by atoms with Gasteiger partial charge in [-0.3, -0.25) is 4.79 Å². The van der Waals surface area contributed by atoms with E-state index in [9.17, 15) is 13.2 Å². The number of carbonyl (C=O) groups excluding carboxylic acids is 1. The molecular formula is C15H16O3S. The van der Waals surface area contributed by atoms with Crippen molar-refractivity contribution < 1.29 is 13.2 Å². The number of hydrogen-bond donors (Lipinski definition) is 0. The fourth-order valence-electron chi connectivity index (χ4n) is 2.02. The van der Waals surface area contributed by atoms with Gasteiger partial charge in [0.1, 0.15) is 5.25 Å². The van der Waals surface area contributed by atoms with E-state index in [-0.39, 0.29) is 12.2 Å². The number of Topliss-reactive ketones (excluding diaryl/α,β-unsaturated/α-hetero) is 1. The Morgan fingerprint density at radius 2 is 1.74 bits per heavy atom. The summed E-state index contributed by atoms with van der Waals surface area (Å²) in [6.07, 6.45) is 1.24. The summed E-state index contributed by atoms with van der Waals surface area (Å²) in [6, 6.07) is 13.5. The first-order valence-corrected chi connectivity index (χ1v) is 8.03. The third kappa shape index (κ3) is 3.01. The van der Waals surface area contributed by atoms with Crippen molar-refractivity contribution in [2.45, 2.75) is 18.6 Å². The first kappa shape index (κ1) is 13.7. The highest BCUT2D eigenvalue weighted by Crippen LogP contribution is 2.20. The van der Waals surface area contributed by atoms with Crippen molar-refractivity contribution in [1.29, 1.82) is 0 Å². The molecule has 0 fully saturated rings. The van der Waals surface area contributed by atoms with Crippen LogP contribution in [0.25, 0.3) is 10.8 Å². The smallest absolute Gasteiger partial charge is 0.157 e. The van der Waals surface area contributed by atoms with Crippen molar-refractivity contribution >= 4 is 26.4 Å². The van der Waals surface area contributed by atoms with Crippen molar-refractivity contribution in [3.05, 3.63) is 48.0 Å². The van der Waals surface area contributed by atoms with Crippen molar-refractivity contribution in [1.82, 2.24) is 0 Å². The SMILES string of the molecule is CC(C(=O)Cc1cccc2ccccc12)S(C)(=O)=O. The van der Waals surface area contributed by atoms with Gasteiger partial charge in [0.05, 0.1) is 0 Å². The minimum Gasteiger partial charge on any atom is -0.298 e. The topological polar surface area (TPSA) is 51.2 Å². The van der Waals surface area contributed by atoms with Crippen LogP contribution in [0.5, 0.6) is 0 Å². The number of fused-ring (bicyclic) bond motifs is 1. The first-order chi connectivity index (χ1) is 8.89. The Labute approximate surface area is 113 Å². The summed E-state index contributed by atoms with van der Waals surface area (Å²) in [5.41, 5.74) is 0.874. The maximum atomic E-state index is 12.0. The molecule has 19 heavy (non-hydrogen) atoms. The zero-order valence-electron chi connectivity index (χ0n) is 11.0. The van der Waals surface area contributed by atoms with Crippen molar-refractivity contribution in [3.63, 3.8) is 0 Å². The van der Waals surface area contributed by atoms with Crippen LogP contribution >= 0.6 is 0 Å². The lowest BCUT2D eigenvalue weighted by Crippen LogP contribution is -2.27. The van der Waals surface area contributed by atoms with Gasteiger partial charge in [-0.2, -0.15) is 0 Å². The van der Waals surface area contributed by atoms with Gasteiger partial charge in [-0.05, 0) is 23.3 Å². The maximum Gasteiger partial charge on any atom is 0.157 e. The average molecular weight is 276 g/mol. The van der Waals surface area contributed by atoms with Gasteiger partial charge in [-0.1, -0.05) is 42.5 Å². The predicted molar refractivity (Wildman–Crippen MR) is 77.0 cm³/mol. The van der Waals surface area contributed by atoms with E-state index in [4.69, 9.17) is 0 Å². The van der Waals surface area contributed by atoms with E-state index < -0.39 is 15.1 Å². The molecule has 1 unspecified atom stereocenters. The number of sulfone groups is 1. The molecule has 100 valence electrons. The Balaban J connectivity index is 2.35. The molecule has 0 saturated heterocycles. The predicted octanol–water partition coefficient (Wildman–Crippen LogP) is 2.38. The van der Waals surface area contributed by atoms with Gasteiger partial charge in [0.25, 0.3) is 0 Å². The second-order valence-electron chi connectivity index (χ2n) is 4.75. The van der Waals surface area contributed by atoms with Crippen molar-refractivity contribution in [2.75, 3.05) is 6.26 Å². The molecule has 2 aromatic carbocycles. The molecule has 0 aromatic heterocycles. The van der Waals surface area contributed by atoms with E-state index in [0.29, 0.717) is 0 Å². The molecule has 4 heteroatoms. The highest BCUT2D eigenvalue weighted by molar-refractivity contribution is 7.92. The normalized spacial score (nSPS) is 13.4. The monoisotopic (exact) mass is 276 g/mol. The molecule has 0 N–H and O–H groups in total. The van der Waals surface area contributed by atoms with E-state index in [1.165, 1.54) is 6.92 Å². The van der Waals surface area contributed by atoms with Crippen LogP contribution in [0.15, 0.2) is 42.5 Å². The Morgan fingerprint density at radius 1 is 1.11 bits per heavy atom. The Kier molecular flexibility index (Phi) is 3.71. The van der Waals surface area contributed by atoms with Crippen LogP contribution in [0.3, 0.4) is 0 Å². The molecule has 0 bridgehead atoms. The Morgan fingerprint density at radius 3 is 2.42 bits per heavy atom. The lowest BCUT2D eigenvalue weighted by atomic mass is 10.00. The number of ketones is 1. The minimum absolute atomic E-state index is 0.148. The summed E-state index contributed by atoms with van der Waals surface area (Å²) in [4.78, 5) is 12.0. The summed E-state index contributed by atoms with van der Waals surface area (Å²) < 4.78 is 22.8. The van der Waals surface area contributed by atoms with Crippen LogP contribution in [-0.2, 0) is 21.1 Å². The highest BCUT2D eigenvalue weighted by Gasteiger charge is 2.23. The molecule has 0 heterocycles. The zero-order chi connectivity index (χ0) is 14.0. The summed E-state index contributed by atoms with van der Waals surface area (Å²) in [5.74, 6) is -0.265. The van der Waals surface area contributed by atoms with Gasteiger partial charge in [0.2, 0.25) is 0 Å². The molecule has 3 nitrogen and oxygen atoms in total. The fourth-order valence-corrected chi connectivity index (χ4v) is 2.58. The molecule has 0 radical (unpaired) electrons. The number of benzene rings is 2. The highest BCUT2D eigenvalue weighted by atomic mass is 32.2. The minimum atomic E-state index is -3.32. The quantitative estimate of drug-likeness (QED) is 0.861. The van der Waals surface area contributed by atoms with E-state index in [1.807, 2.05) is 42.5 Å². The number of hydrogen-bond acceptors (Lipinski definition) is 3. The molecule has 2 rings (SSSR count). The second-order valence-corrected chi connectivity index (χ2v) is 7.12. The van der Waals surface area contributed by atoms with Crippen LogP contribution in [0.1, 0.15) is 12.5 Å². The van der Waals surface area contributed by atoms with Crippen LogP contribution in [0.2, 0.25) is 0 Å². The molecule has 1 atom stereocenters. The van der Waals surface area contributed by atoms with Gasteiger partial charge < -0.3 is 0 Å². The number of carbonyl (C=O) groups is 1. The molecule has 2 aromatic rings. The van der Waals surface area contributed by atoms with Crippen LogP contribution < -0.4 is 0 Å². The molecule has 0 aliphatic carbocycles. The van der Waals surface area contributed by atoms with Gasteiger partial charge in [0, 0.05) is 12.7 Å². The van der Waals surface area contributed by atoms with Gasteiger partial charge >= 0.3 is 0 Å². The van der Waals surface area contributed by atoms with Gasteiger partial charge in [-0.25, -0.2) is 8.42 Å². The van der Waals surface area contributed by atoms with Gasteiger partial charge in [-0.15, -0.1) is 0 Å². The molecule has 0 aliphatic rings. The fraction of sp³-hybridized carbons (Fsp3) is 0.267. The molecule has 0 amide bonds. The Bertz CT molecular complexity index is 712. The summed E-state index contributed by atoms with van der Waals surface area (Å²) in [5, 5.41) is 1.10. The van der Waals surface area contributed by atoms with Crippen molar-refractivity contribution in [3.8, 4) is 0 Å². The maximum absolute atomic E-state index is 12.0. The average Bonchev–Trinajstić information content (AvgIpc) is 2.37. The van der Waals surface area contributed by atoms with Crippen LogP contribution in [0.4, 0.5) is 0 Å². The third-order valence-corrected chi connectivity index (χ3v) is 4.89. The zero-order valence-corrected chi connectivity index (χ0v) is 11.8. The number of rotatable bonds is 4. The molecule has 0 spiro atoms. The lowest BCUT2D eigenvalue weighted by molar-refractivity contribution is -0.117.